The van der Waals surface area contributed by atoms with E-state index >= 15 is 0 Å². The summed E-state index contributed by atoms with van der Waals surface area (Å²) in [5.41, 5.74) is 1.85. The van der Waals surface area contributed by atoms with Crippen molar-refractivity contribution in [1.82, 2.24) is 9.62 Å². The smallest absolute Gasteiger partial charge is 0.243 e. The third kappa shape index (κ3) is 5.66. The van der Waals surface area contributed by atoms with Gasteiger partial charge in [0.25, 0.3) is 0 Å². The minimum atomic E-state index is -3.59. The van der Waals surface area contributed by atoms with Crippen molar-refractivity contribution >= 4 is 27.7 Å². The van der Waals surface area contributed by atoms with E-state index in [1.807, 2.05) is 39.2 Å². The molecule has 2 aromatic carbocycles. The fourth-order valence-electron chi connectivity index (χ4n) is 3.91. The third-order valence-electron chi connectivity index (χ3n) is 5.88. The van der Waals surface area contributed by atoms with Gasteiger partial charge in [-0.3, -0.25) is 4.79 Å². The number of rotatable bonds is 8. The van der Waals surface area contributed by atoms with Gasteiger partial charge in [0.1, 0.15) is 5.75 Å². The molecule has 1 saturated heterocycles. The highest BCUT2D eigenvalue weighted by molar-refractivity contribution is 7.98. The Morgan fingerprint density at radius 3 is 2.41 bits per heavy atom. The van der Waals surface area contributed by atoms with Gasteiger partial charge < -0.3 is 10.1 Å². The molecule has 1 heterocycles. The van der Waals surface area contributed by atoms with E-state index in [1.54, 1.807) is 30.0 Å². The Morgan fingerprint density at radius 1 is 1.19 bits per heavy atom. The first-order valence-electron chi connectivity index (χ1n) is 10.9. The zero-order chi connectivity index (χ0) is 23.3. The van der Waals surface area contributed by atoms with Crippen LogP contribution in [-0.2, 0) is 14.8 Å². The number of hydrogen-bond donors (Lipinski definition) is 1. The Bertz CT molecular complexity index is 1030. The summed E-state index contributed by atoms with van der Waals surface area (Å²) in [5.74, 6) is 0.496. The van der Waals surface area contributed by atoms with Gasteiger partial charge in [0.2, 0.25) is 15.9 Å². The number of amides is 1. The number of ether oxygens (including phenoxy) is 1. The van der Waals surface area contributed by atoms with Gasteiger partial charge in [0.15, 0.2) is 0 Å². The van der Waals surface area contributed by atoms with Gasteiger partial charge in [-0.25, -0.2) is 8.42 Å². The van der Waals surface area contributed by atoms with Crippen molar-refractivity contribution in [3.63, 3.8) is 0 Å². The van der Waals surface area contributed by atoms with Crippen LogP contribution < -0.4 is 10.1 Å². The molecule has 0 saturated carbocycles. The van der Waals surface area contributed by atoms with Crippen LogP contribution in [0.1, 0.15) is 43.9 Å². The molecule has 3 rings (SSSR count). The zero-order valence-electron chi connectivity index (χ0n) is 19.1. The molecule has 1 N–H and O–H groups in total. The second kappa shape index (κ2) is 10.7. The van der Waals surface area contributed by atoms with Crippen LogP contribution in [0.4, 0.5) is 0 Å². The second-order valence-corrected chi connectivity index (χ2v) is 10.9. The first kappa shape index (κ1) is 24.6. The van der Waals surface area contributed by atoms with Gasteiger partial charge in [-0.2, -0.15) is 4.31 Å². The number of benzene rings is 2. The molecule has 6 nitrogen and oxygen atoms in total. The van der Waals surface area contributed by atoms with E-state index < -0.39 is 10.0 Å². The molecule has 1 aliphatic heterocycles. The number of hydrogen-bond acceptors (Lipinski definition) is 5. The first-order chi connectivity index (χ1) is 15.3. The molecular formula is C24H32N2O4S2. The lowest BCUT2D eigenvalue weighted by atomic mass is 9.96. The normalized spacial score (nSPS) is 16.5. The summed E-state index contributed by atoms with van der Waals surface area (Å²) in [6, 6.07) is 13.0. The van der Waals surface area contributed by atoms with E-state index in [0.717, 1.165) is 11.1 Å². The largest absolute Gasteiger partial charge is 0.494 e. The van der Waals surface area contributed by atoms with Crippen molar-refractivity contribution in [2.45, 2.75) is 49.4 Å². The fourth-order valence-corrected chi connectivity index (χ4v) is 5.88. The predicted molar refractivity (Wildman–Crippen MR) is 129 cm³/mol. The molecule has 0 radical (unpaired) electrons. The Hall–Kier alpha value is -2.03. The molecule has 0 aromatic heterocycles. The Morgan fingerprint density at radius 2 is 1.84 bits per heavy atom. The maximum Gasteiger partial charge on any atom is 0.243 e. The van der Waals surface area contributed by atoms with Crippen molar-refractivity contribution < 1.29 is 17.9 Å². The summed E-state index contributed by atoms with van der Waals surface area (Å²) < 4.78 is 33.2. The number of thioether (sulfide) groups is 1. The molecule has 0 spiro atoms. The van der Waals surface area contributed by atoms with E-state index in [-0.39, 0.29) is 22.8 Å². The highest BCUT2D eigenvalue weighted by atomic mass is 32.2. The van der Waals surface area contributed by atoms with Crippen LogP contribution in [0.3, 0.4) is 0 Å². The predicted octanol–water partition coefficient (Wildman–Crippen LogP) is 4.39. The minimum Gasteiger partial charge on any atom is -0.494 e. The van der Waals surface area contributed by atoms with Crippen LogP contribution in [-0.4, -0.2) is 44.6 Å². The molecule has 32 heavy (non-hydrogen) atoms. The van der Waals surface area contributed by atoms with Crippen LogP contribution in [0.5, 0.6) is 5.75 Å². The van der Waals surface area contributed by atoms with Crippen LogP contribution in [0.25, 0.3) is 0 Å². The van der Waals surface area contributed by atoms with Gasteiger partial charge >= 0.3 is 0 Å². The van der Waals surface area contributed by atoms with Crippen molar-refractivity contribution in [1.29, 1.82) is 0 Å². The molecule has 0 unspecified atom stereocenters. The fraction of sp³-hybridized carbons (Fsp3) is 0.458. The quantitative estimate of drug-likeness (QED) is 0.572. The summed E-state index contributed by atoms with van der Waals surface area (Å²) in [6.45, 7) is 6.92. The lowest BCUT2D eigenvalue weighted by Gasteiger charge is -2.31. The molecule has 1 atom stereocenters. The van der Waals surface area contributed by atoms with Gasteiger partial charge in [0.05, 0.1) is 17.5 Å². The lowest BCUT2D eigenvalue weighted by molar-refractivity contribution is -0.126. The number of sulfonamides is 1. The molecule has 2 aromatic rings. The summed E-state index contributed by atoms with van der Waals surface area (Å²) in [5, 5.41) is 3.09. The highest BCUT2D eigenvalue weighted by Crippen LogP contribution is 2.28. The zero-order valence-corrected chi connectivity index (χ0v) is 20.8. The molecule has 8 heteroatoms. The minimum absolute atomic E-state index is 0.0135. The highest BCUT2D eigenvalue weighted by Gasteiger charge is 2.32. The van der Waals surface area contributed by atoms with Crippen molar-refractivity contribution in [2.75, 3.05) is 26.0 Å². The van der Waals surface area contributed by atoms with Gasteiger partial charge in [-0.15, -0.1) is 11.8 Å². The number of carbonyl (C=O) groups is 1. The molecule has 1 amide bonds. The second-order valence-electron chi connectivity index (χ2n) is 8.04. The maximum absolute atomic E-state index is 13.1. The standard InChI is InChI=1S/C24H32N2O4S2/c1-5-30-23-11-10-22(16-17(23)2)32(28,29)26-14-12-20(13-15-26)24(27)25-18(3)19-6-8-21(31-4)9-7-19/h6-11,16,18,20H,5,12-15H2,1-4H3,(H,25,27)/t18-/m0/s1. The van der Waals surface area contributed by atoms with Crippen LogP contribution in [0.15, 0.2) is 52.3 Å². The first-order valence-corrected chi connectivity index (χ1v) is 13.6. The molecule has 1 aliphatic rings. The number of nitrogens with zero attached hydrogens (tertiary/aromatic N) is 1. The van der Waals surface area contributed by atoms with Crippen LogP contribution in [0, 0.1) is 12.8 Å². The van der Waals surface area contributed by atoms with E-state index in [1.165, 1.54) is 9.20 Å². The van der Waals surface area contributed by atoms with E-state index in [0.29, 0.717) is 38.3 Å². The number of piperidine rings is 1. The SMILES string of the molecule is CCOc1ccc(S(=O)(=O)N2CCC(C(=O)N[C@@H](C)c3ccc(SC)cc3)CC2)cc1C. The summed E-state index contributed by atoms with van der Waals surface area (Å²) in [6.07, 6.45) is 3.06. The van der Waals surface area contributed by atoms with Gasteiger partial charge in [-0.1, -0.05) is 12.1 Å². The van der Waals surface area contributed by atoms with E-state index in [4.69, 9.17) is 4.74 Å². The molecule has 1 fully saturated rings. The van der Waals surface area contributed by atoms with E-state index in [2.05, 4.69) is 17.4 Å². The van der Waals surface area contributed by atoms with Crippen LogP contribution >= 0.6 is 11.8 Å². The van der Waals surface area contributed by atoms with E-state index in [9.17, 15) is 13.2 Å². The summed E-state index contributed by atoms with van der Waals surface area (Å²) >= 11 is 1.68. The Balaban J connectivity index is 1.58. The topological polar surface area (TPSA) is 75.7 Å². The average Bonchev–Trinajstić information content (AvgIpc) is 2.80. The van der Waals surface area contributed by atoms with Crippen LogP contribution in [0.2, 0.25) is 0 Å². The summed E-state index contributed by atoms with van der Waals surface area (Å²) in [4.78, 5) is 14.2. The monoisotopic (exact) mass is 476 g/mol. The van der Waals surface area contributed by atoms with Gasteiger partial charge in [0, 0.05) is 23.9 Å². The average molecular weight is 477 g/mol. The van der Waals surface area contributed by atoms with Crippen molar-refractivity contribution in [2.24, 2.45) is 5.92 Å². The molecular weight excluding hydrogens is 444 g/mol. The number of aryl methyl sites for hydroxylation is 1. The van der Waals surface area contributed by atoms with Crippen molar-refractivity contribution in [3.05, 3.63) is 53.6 Å². The van der Waals surface area contributed by atoms with Gasteiger partial charge in [-0.05, 0) is 81.3 Å². The number of carbonyl (C=O) groups excluding carboxylic acids is 1. The summed E-state index contributed by atoms with van der Waals surface area (Å²) in [7, 11) is -3.59. The molecule has 0 aliphatic carbocycles. The maximum atomic E-state index is 13.1. The Labute approximate surface area is 195 Å². The Kier molecular flexibility index (Phi) is 8.25. The molecule has 174 valence electrons. The molecule has 0 bridgehead atoms. The lowest BCUT2D eigenvalue weighted by Crippen LogP contribution is -2.43. The number of nitrogens with one attached hydrogen (secondary N) is 1. The third-order valence-corrected chi connectivity index (χ3v) is 8.52. The van der Waals surface area contributed by atoms with Crippen molar-refractivity contribution in [3.8, 4) is 5.75 Å².